The van der Waals surface area contributed by atoms with Crippen molar-refractivity contribution in [1.82, 2.24) is 35.5 Å². The van der Waals surface area contributed by atoms with Crippen molar-refractivity contribution in [3.63, 3.8) is 0 Å². The van der Waals surface area contributed by atoms with Crippen LogP contribution in [0.15, 0.2) is 35.6 Å². The molecule has 1 saturated carbocycles. The van der Waals surface area contributed by atoms with Crippen molar-refractivity contribution in [2.45, 2.75) is 49.8 Å². The number of nitrogens with one attached hydrogen (secondary N) is 3. The summed E-state index contributed by atoms with van der Waals surface area (Å²) < 4.78 is 2.08. The van der Waals surface area contributed by atoms with Crippen LogP contribution in [0.1, 0.15) is 39.2 Å². The second kappa shape index (κ2) is 7.66. The van der Waals surface area contributed by atoms with Crippen molar-refractivity contribution in [1.29, 1.82) is 0 Å². The highest BCUT2D eigenvalue weighted by Gasteiger charge is 2.47. The van der Waals surface area contributed by atoms with Crippen LogP contribution in [0.4, 0.5) is 4.79 Å². The van der Waals surface area contributed by atoms with E-state index in [-0.39, 0.29) is 5.75 Å². The molecule has 4 amide bonds. The van der Waals surface area contributed by atoms with Crippen LogP contribution >= 0.6 is 11.8 Å². The highest BCUT2D eigenvalue weighted by molar-refractivity contribution is 7.99. The molecule has 166 valence electrons. The first-order valence-electron chi connectivity index (χ1n) is 10.5. The van der Waals surface area contributed by atoms with Gasteiger partial charge in [0.05, 0.1) is 5.75 Å². The average molecular weight is 454 g/mol. The molecule has 1 aliphatic carbocycles. The zero-order chi connectivity index (χ0) is 22.5. The zero-order valence-electron chi connectivity index (χ0n) is 17.7. The third kappa shape index (κ3) is 3.42. The fourth-order valence-corrected chi connectivity index (χ4v) is 4.59. The first kappa shape index (κ1) is 20.6. The summed E-state index contributed by atoms with van der Waals surface area (Å²) in [5.41, 5.74) is 3.40. The molecule has 0 radical (unpaired) electrons. The van der Waals surface area contributed by atoms with Gasteiger partial charge >= 0.3 is 6.03 Å². The Bertz CT molecular complexity index is 1230. The van der Waals surface area contributed by atoms with Gasteiger partial charge < -0.3 is 10.3 Å². The molecule has 1 saturated heterocycles. The van der Waals surface area contributed by atoms with Crippen molar-refractivity contribution in [2.75, 3.05) is 5.75 Å². The molecule has 11 heteroatoms. The molecule has 10 nitrogen and oxygen atoms in total. The lowest BCUT2D eigenvalue weighted by Crippen LogP contribution is -2.49. The van der Waals surface area contributed by atoms with Gasteiger partial charge in [-0.2, -0.15) is 5.01 Å². The molecule has 1 aliphatic heterocycles. The third-order valence-electron chi connectivity index (χ3n) is 5.94. The first-order chi connectivity index (χ1) is 15.4. The van der Waals surface area contributed by atoms with Crippen molar-refractivity contribution in [3.05, 3.63) is 30.5 Å². The van der Waals surface area contributed by atoms with Gasteiger partial charge in [-0.05, 0) is 32.3 Å². The van der Waals surface area contributed by atoms with Crippen LogP contribution in [0.5, 0.6) is 0 Å². The van der Waals surface area contributed by atoms with E-state index in [9.17, 15) is 14.4 Å². The van der Waals surface area contributed by atoms with Crippen LogP contribution in [-0.4, -0.2) is 53.9 Å². The van der Waals surface area contributed by atoms with Crippen LogP contribution < -0.4 is 10.7 Å². The number of nitrogens with zero attached hydrogens (tertiary/aromatic N) is 4. The number of amides is 4. The first-order valence-corrected chi connectivity index (χ1v) is 11.5. The number of imide groups is 1. The van der Waals surface area contributed by atoms with Gasteiger partial charge in [0.15, 0.2) is 11.0 Å². The number of rotatable bonds is 7. The van der Waals surface area contributed by atoms with Gasteiger partial charge in [-0.25, -0.2) is 4.79 Å². The van der Waals surface area contributed by atoms with Crippen LogP contribution in [0.25, 0.3) is 22.3 Å². The predicted octanol–water partition coefficient (Wildman–Crippen LogP) is 2.61. The minimum Gasteiger partial charge on any atom is -0.360 e. The monoisotopic (exact) mass is 453 g/mol. The number of hydrazine groups is 1. The van der Waals surface area contributed by atoms with Gasteiger partial charge in [0.2, 0.25) is 5.91 Å². The van der Waals surface area contributed by atoms with E-state index < -0.39 is 23.4 Å². The molecule has 1 atom stereocenters. The number of para-hydroxylation sites is 1. The third-order valence-corrected chi connectivity index (χ3v) is 6.89. The average Bonchev–Trinajstić information content (AvgIpc) is 3.33. The number of aromatic amines is 1. The predicted molar refractivity (Wildman–Crippen MR) is 119 cm³/mol. The van der Waals surface area contributed by atoms with Gasteiger partial charge in [-0.3, -0.25) is 19.6 Å². The number of aromatic nitrogens is 4. The van der Waals surface area contributed by atoms with E-state index in [0.29, 0.717) is 17.6 Å². The number of H-pyrrole nitrogens is 1. The summed E-state index contributed by atoms with van der Waals surface area (Å²) in [6.07, 6.45) is 4.42. The number of urea groups is 1. The van der Waals surface area contributed by atoms with Gasteiger partial charge in [-0.1, -0.05) is 36.9 Å². The number of carbonyl (C=O) groups excluding carboxylic acids is 3. The van der Waals surface area contributed by atoms with E-state index in [1.807, 2.05) is 30.5 Å². The van der Waals surface area contributed by atoms with Crippen LogP contribution in [-0.2, 0) is 9.59 Å². The van der Waals surface area contributed by atoms with Crippen LogP contribution in [0.3, 0.4) is 0 Å². The summed E-state index contributed by atoms with van der Waals surface area (Å²) in [4.78, 5) is 40.3. The molecule has 0 unspecified atom stereocenters. The van der Waals surface area contributed by atoms with E-state index in [1.165, 1.54) is 11.8 Å². The number of benzene rings is 1. The molecular weight excluding hydrogens is 430 g/mol. The lowest BCUT2D eigenvalue weighted by Gasteiger charge is -2.19. The molecule has 32 heavy (non-hydrogen) atoms. The molecule has 5 rings (SSSR count). The maximum Gasteiger partial charge on any atom is 0.344 e. The Morgan fingerprint density at radius 3 is 2.78 bits per heavy atom. The van der Waals surface area contributed by atoms with Crippen molar-refractivity contribution in [3.8, 4) is 11.4 Å². The smallest absolute Gasteiger partial charge is 0.344 e. The Hall–Kier alpha value is -3.34. The second-order valence-electron chi connectivity index (χ2n) is 8.24. The fourth-order valence-electron chi connectivity index (χ4n) is 3.79. The number of hydrogen-bond acceptors (Lipinski definition) is 6. The summed E-state index contributed by atoms with van der Waals surface area (Å²) >= 11 is 1.24. The Morgan fingerprint density at radius 2 is 2.06 bits per heavy atom. The number of fused-ring (bicyclic) bond motifs is 1. The summed E-state index contributed by atoms with van der Waals surface area (Å²) in [5, 5.41) is 13.8. The molecule has 2 aliphatic rings. The molecule has 3 heterocycles. The van der Waals surface area contributed by atoms with Crippen LogP contribution in [0, 0.1) is 0 Å². The van der Waals surface area contributed by atoms with E-state index in [1.54, 1.807) is 13.8 Å². The van der Waals surface area contributed by atoms with Crippen molar-refractivity contribution >= 4 is 40.5 Å². The highest BCUT2D eigenvalue weighted by Crippen LogP contribution is 2.42. The summed E-state index contributed by atoms with van der Waals surface area (Å²) in [5.74, 6) is -0.164. The minimum absolute atomic E-state index is 0.00135. The number of thioether (sulfide) groups is 1. The van der Waals surface area contributed by atoms with Gasteiger partial charge in [0.25, 0.3) is 5.91 Å². The Kier molecular flexibility index (Phi) is 4.92. The van der Waals surface area contributed by atoms with Gasteiger partial charge in [0, 0.05) is 28.7 Å². The Morgan fingerprint density at radius 1 is 1.28 bits per heavy atom. The van der Waals surface area contributed by atoms with Crippen molar-refractivity contribution in [2.24, 2.45) is 0 Å². The minimum atomic E-state index is -1.00. The molecule has 3 aromatic rings. The normalized spacial score (nSPS) is 20.8. The molecule has 2 fully saturated rings. The standard InChI is InChI=1S/C21H23N7O3S/c1-3-21(2)18(30)28(19(31)23-21)26-16(29)11-32-20-25-24-17(27(20)12-8-9-12)14-10-22-15-7-5-4-6-13(14)15/h4-7,10,12,22H,3,8-9,11H2,1-2H3,(H,23,31)(H,26,29)/t21-/m1/s1. The van der Waals surface area contributed by atoms with E-state index in [0.717, 1.165) is 40.1 Å². The number of carbonyl (C=O) groups is 3. The highest BCUT2D eigenvalue weighted by atomic mass is 32.2. The molecule has 0 bridgehead atoms. The quantitative estimate of drug-likeness (QED) is 0.373. The largest absolute Gasteiger partial charge is 0.360 e. The Labute approximate surface area is 188 Å². The van der Waals surface area contributed by atoms with Gasteiger partial charge in [0.1, 0.15) is 5.54 Å². The molecule has 2 aromatic heterocycles. The molecule has 0 spiro atoms. The van der Waals surface area contributed by atoms with E-state index >= 15 is 0 Å². The summed E-state index contributed by atoms with van der Waals surface area (Å²) in [7, 11) is 0. The second-order valence-corrected chi connectivity index (χ2v) is 9.18. The van der Waals surface area contributed by atoms with E-state index in [2.05, 4.69) is 30.5 Å². The zero-order valence-corrected chi connectivity index (χ0v) is 18.5. The molecular formula is C21H23N7O3S. The van der Waals surface area contributed by atoms with Crippen molar-refractivity contribution < 1.29 is 14.4 Å². The lowest BCUT2D eigenvalue weighted by molar-refractivity contribution is -0.137. The summed E-state index contributed by atoms with van der Waals surface area (Å²) in [6.45, 7) is 3.44. The maximum absolute atomic E-state index is 12.5. The lowest BCUT2D eigenvalue weighted by atomic mass is 10.00. The van der Waals surface area contributed by atoms with Crippen LogP contribution in [0.2, 0.25) is 0 Å². The van der Waals surface area contributed by atoms with E-state index in [4.69, 9.17) is 0 Å². The fraction of sp³-hybridized carbons (Fsp3) is 0.381. The number of hydrogen-bond donors (Lipinski definition) is 3. The maximum atomic E-state index is 12.5. The topological polar surface area (TPSA) is 125 Å². The molecule has 3 N–H and O–H groups in total. The Balaban J connectivity index is 1.32. The SMILES string of the molecule is CC[C@@]1(C)NC(=O)N(NC(=O)CSc2nnc(-c3c[nH]c4ccccc34)n2C2CC2)C1=O. The van der Waals surface area contributed by atoms with Gasteiger partial charge in [-0.15, -0.1) is 10.2 Å². The molecule has 1 aromatic carbocycles. The summed E-state index contributed by atoms with van der Waals surface area (Å²) in [6, 6.07) is 7.68.